The lowest BCUT2D eigenvalue weighted by Crippen LogP contribution is -2.14. The minimum absolute atomic E-state index is 0.178. The minimum Gasteiger partial charge on any atom is -0.497 e. The highest BCUT2D eigenvalue weighted by molar-refractivity contribution is 7.99. The smallest absolute Gasteiger partial charge is 0.234 e. The van der Waals surface area contributed by atoms with Crippen molar-refractivity contribution in [2.24, 2.45) is 0 Å². The van der Waals surface area contributed by atoms with E-state index < -0.39 is 0 Å². The van der Waals surface area contributed by atoms with E-state index in [9.17, 15) is 4.79 Å². The van der Waals surface area contributed by atoms with Crippen LogP contribution in [-0.4, -0.2) is 28.7 Å². The summed E-state index contributed by atoms with van der Waals surface area (Å²) in [5, 5.41) is 3.80. The zero-order valence-electron chi connectivity index (χ0n) is 12.5. The summed E-state index contributed by atoms with van der Waals surface area (Å²) in [5.41, 5.74) is 2.28. The van der Waals surface area contributed by atoms with Crippen LogP contribution < -0.4 is 10.1 Å². The maximum absolute atomic E-state index is 12.0. The summed E-state index contributed by atoms with van der Waals surface area (Å²) >= 11 is 7.34. The lowest BCUT2D eigenvalue weighted by Gasteiger charge is -2.09. The van der Waals surface area contributed by atoms with Gasteiger partial charge in [-0.25, -0.2) is 9.97 Å². The first-order valence-corrected chi connectivity index (χ1v) is 7.93. The average molecular weight is 338 g/mol. The summed E-state index contributed by atoms with van der Waals surface area (Å²) in [4.78, 5) is 20.6. The molecule has 0 spiro atoms. The Morgan fingerprint density at radius 3 is 2.59 bits per heavy atom. The maximum atomic E-state index is 12.0. The second kappa shape index (κ2) is 7.47. The van der Waals surface area contributed by atoms with Crippen molar-refractivity contribution in [1.82, 2.24) is 9.97 Å². The van der Waals surface area contributed by atoms with Gasteiger partial charge in [0.15, 0.2) is 5.16 Å². The van der Waals surface area contributed by atoms with Crippen molar-refractivity contribution in [3.63, 3.8) is 0 Å². The van der Waals surface area contributed by atoms with Crippen LogP contribution in [0.15, 0.2) is 29.4 Å². The van der Waals surface area contributed by atoms with Gasteiger partial charge >= 0.3 is 0 Å². The van der Waals surface area contributed by atoms with Crippen LogP contribution in [0.2, 0.25) is 5.02 Å². The molecule has 7 heteroatoms. The van der Waals surface area contributed by atoms with Crippen molar-refractivity contribution >= 4 is 35.0 Å². The monoisotopic (exact) mass is 337 g/mol. The molecule has 1 aromatic carbocycles. The molecule has 116 valence electrons. The number of carbonyl (C=O) groups excluding carboxylic acids is 1. The van der Waals surface area contributed by atoms with Crippen LogP contribution in [0.25, 0.3) is 0 Å². The van der Waals surface area contributed by atoms with Gasteiger partial charge < -0.3 is 10.1 Å². The third kappa shape index (κ3) is 4.61. The summed E-state index contributed by atoms with van der Waals surface area (Å²) in [7, 11) is 1.56. The highest BCUT2D eigenvalue weighted by Gasteiger charge is 2.09. The predicted octanol–water partition coefficient (Wildman–Crippen LogP) is 3.49. The number of methoxy groups -OCH3 is 1. The summed E-state index contributed by atoms with van der Waals surface area (Å²) in [6.07, 6.45) is 0. The number of aromatic nitrogens is 2. The van der Waals surface area contributed by atoms with Gasteiger partial charge in [-0.1, -0.05) is 23.4 Å². The zero-order valence-corrected chi connectivity index (χ0v) is 14.1. The number of nitrogens with zero attached hydrogens (tertiary/aromatic N) is 2. The second-order valence-electron chi connectivity index (χ2n) is 4.62. The standard InChI is InChI=1S/C15H16ClN3O2S/c1-9-6-10(2)18-15(17-9)22-8-14(20)19-13-7-11(21-3)4-5-12(13)16/h4-7H,8H2,1-3H3,(H,19,20). The van der Waals surface area contributed by atoms with Crippen LogP contribution in [0.4, 0.5) is 5.69 Å². The highest BCUT2D eigenvalue weighted by atomic mass is 35.5. The van der Waals surface area contributed by atoms with Crippen molar-refractivity contribution in [2.45, 2.75) is 19.0 Å². The molecule has 0 fully saturated rings. The Morgan fingerprint density at radius 2 is 1.95 bits per heavy atom. The van der Waals surface area contributed by atoms with E-state index in [0.717, 1.165) is 11.4 Å². The largest absolute Gasteiger partial charge is 0.497 e. The molecule has 1 heterocycles. The summed E-state index contributed by atoms with van der Waals surface area (Å²) < 4.78 is 5.11. The molecule has 0 aliphatic rings. The van der Waals surface area contributed by atoms with Crippen molar-refractivity contribution in [3.05, 3.63) is 40.7 Å². The molecule has 0 aliphatic carbocycles. The molecule has 2 rings (SSSR count). The summed E-state index contributed by atoms with van der Waals surface area (Å²) in [5.74, 6) is 0.657. The number of hydrogen-bond donors (Lipinski definition) is 1. The molecular weight excluding hydrogens is 322 g/mol. The van der Waals surface area contributed by atoms with E-state index in [1.807, 2.05) is 19.9 Å². The molecule has 0 saturated heterocycles. The Morgan fingerprint density at radius 1 is 1.27 bits per heavy atom. The van der Waals surface area contributed by atoms with Gasteiger partial charge in [0.25, 0.3) is 0 Å². The fraction of sp³-hybridized carbons (Fsp3) is 0.267. The number of aryl methyl sites for hydroxylation is 2. The molecule has 1 N–H and O–H groups in total. The van der Waals surface area contributed by atoms with Crippen LogP contribution >= 0.6 is 23.4 Å². The van der Waals surface area contributed by atoms with Crippen molar-refractivity contribution in [1.29, 1.82) is 0 Å². The molecule has 22 heavy (non-hydrogen) atoms. The third-order valence-corrected chi connectivity index (χ3v) is 3.92. The lowest BCUT2D eigenvalue weighted by molar-refractivity contribution is -0.113. The predicted molar refractivity (Wildman–Crippen MR) is 88.9 cm³/mol. The number of ether oxygens (including phenoxy) is 1. The van der Waals surface area contributed by atoms with Gasteiger partial charge in [0.2, 0.25) is 5.91 Å². The van der Waals surface area contributed by atoms with Gasteiger partial charge in [-0.2, -0.15) is 0 Å². The molecule has 0 aliphatic heterocycles. The fourth-order valence-corrected chi connectivity index (χ4v) is 2.72. The number of nitrogens with one attached hydrogen (secondary N) is 1. The first-order valence-electron chi connectivity index (χ1n) is 6.56. The van der Waals surface area contributed by atoms with Crippen LogP contribution in [-0.2, 0) is 4.79 Å². The van der Waals surface area contributed by atoms with Gasteiger partial charge in [0.05, 0.1) is 23.6 Å². The Kier molecular flexibility index (Phi) is 5.63. The topological polar surface area (TPSA) is 64.1 Å². The van der Waals surface area contributed by atoms with E-state index in [4.69, 9.17) is 16.3 Å². The van der Waals surface area contributed by atoms with E-state index in [1.165, 1.54) is 11.8 Å². The minimum atomic E-state index is -0.178. The molecule has 0 atom stereocenters. The Hall–Kier alpha value is -1.79. The molecule has 2 aromatic rings. The summed E-state index contributed by atoms with van der Waals surface area (Å²) in [6.45, 7) is 3.80. The normalized spacial score (nSPS) is 10.4. The molecule has 1 aromatic heterocycles. The SMILES string of the molecule is COc1ccc(Cl)c(NC(=O)CSc2nc(C)cc(C)n2)c1. The number of anilines is 1. The van der Waals surface area contributed by atoms with Gasteiger partial charge in [-0.05, 0) is 32.0 Å². The van der Waals surface area contributed by atoms with Crippen molar-refractivity contribution < 1.29 is 9.53 Å². The van der Waals surface area contributed by atoms with Gasteiger partial charge in [-0.3, -0.25) is 4.79 Å². The average Bonchev–Trinajstić information content (AvgIpc) is 2.46. The highest BCUT2D eigenvalue weighted by Crippen LogP contribution is 2.27. The quantitative estimate of drug-likeness (QED) is 0.668. The van der Waals surface area contributed by atoms with Crippen molar-refractivity contribution in [2.75, 3.05) is 18.2 Å². The van der Waals surface area contributed by atoms with Gasteiger partial charge in [0.1, 0.15) is 5.75 Å². The van der Waals surface area contributed by atoms with E-state index in [-0.39, 0.29) is 11.7 Å². The maximum Gasteiger partial charge on any atom is 0.234 e. The number of carbonyl (C=O) groups is 1. The number of halogens is 1. The van der Waals surface area contributed by atoms with Gasteiger partial charge in [0, 0.05) is 17.5 Å². The number of thioether (sulfide) groups is 1. The van der Waals surface area contributed by atoms with E-state index in [2.05, 4.69) is 15.3 Å². The van der Waals surface area contributed by atoms with Crippen LogP contribution in [0, 0.1) is 13.8 Å². The lowest BCUT2D eigenvalue weighted by atomic mass is 10.3. The fourth-order valence-electron chi connectivity index (χ4n) is 1.80. The van der Waals surface area contributed by atoms with Crippen LogP contribution in [0.1, 0.15) is 11.4 Å². The first-order chi connectivity index (χ1) is 10.5. The van der Waals surface area contributed by atoms with Crippen LogP contribution in [0.3, 0.4) is 0 Å². The molecule has 0 unspecified atom stereocenters. The molecular formula is C15H16ClN3O2S. The third-order valence-electron chi connectivity index (χ3n) is 2.74. The van der Waals surface area contributed by atoms with Gasteiger partial charge in [-0.15, -0.1) is 0 Å². The Balaban J connectivity index is 1.98. The molecule has 0 bridgehead atoms. The zero-order chi connectivity index (χ0) is 16.1. The second-order valence-corrected chi connectivity index (χ2v) is 5.97. The summed E-state index contributed by atoms with van der Waals surface area (Å²) in [6, 6.07) is 6.98. The molecule has 0 radical (unpaired) electrons. The number of rotatable bonds is 5. The van der Waals surface area contributed by atoms with Crippen LogP contribution in [0.5, 0.6) is 5.75 Å². The van der Waals surface area contributed by atoms with E-state index >= 15 is 0 Å². The first kappa shape index (κ1) is 16.6. The number of amides is 1. The Labute approximate surface area is 138 Å². The Bertz CT molecular complexity index is 674. The molecule has 0 saturated carbocycles. The number of hydrogen-bond acceptors (Lipinski definition) is 5. The number of benzene rings is 1. The van der Waals surface area contributed by atoms with Crippen molar-refractivity contribution in [3.8, 4) is 5.75 Å². The van der Waals surface area contributed by atoms with E-state index in [0.29, 0.717) is 21.6 Å². The van der Waals surface area contributed by atoms with E-state index in [1.54, 1.807) is 25.3 Å². The molecule has 5 nitrogen and oxygen atoms in total. The molecule has 1 amide bonds.